The number of anilines is 1. The Hall–Kier alpha value is -11.4. The number of halogens is 2. The number of aromatic amines is 1. The number of aliphatic hydroxyl groups is 1. The number of unbranched alkanes of at least 4 members (excludes halogenated alkanes) is 6. The zero-order valence-electron chi connectivity index (χ0n) is 67.0. The van der Waals surface area contributed by atoms with Crippen molar-refractivity contribution in [3.63, 3.8) is 0 Å². The highest BCUT2D eigenvalue weighted by Crippen LogP contribution is 2.32. The molecular formula is C78H108Cl2N14O25. The molecule has 1 aromatic heterocycles. The number of aryl methyl sites for hydroxylation is 1. The third-order valence-corrected chi connectivity index (χ3v) is 20.0. The van der Waals surface area contributed by atoms with E-state index < -0.39 is 256 Å². The summed E-state index contributed by atoms with van der Waals surface area (Å²) in [5, 5.41) is 57.9. The van der Waals surface area contributed by atoms with Crippen molar-refractivity contribution in [1.82, 2.24) is 58.2 Å². The maximum atomic E-state index is 15.1. The third-order valence-electron chi connectivity index (χ3n) is 19.5. The third kappa shape index (κ3) is 33.8. The molecule has 2 aromatic carbocycles. The van der Waals surface area contributed by atoms with Crippen molar-refractivity contribution < 1.29 is 121 Å². The molecule has 41 heteroatoms. The van der Waals surface area contributed by atoms with Gasteiger partial charge in [-0.25, -0.2) is 4.79 Å². The van der Waals surface area contributed by atoms with Crippen molar-refractivity contribution >= 4 is 153 Å². The number of esters is 1. The molecule has 4 rings (SSSR count). The summed E-state index contributed by atoms with van der Waals surface area (Å²) in [6.45, 7) is 6.26. The molecule has 0 saturated carbocycles. The van der Waals surface area contributed by atoms with Gasteiger partial charge in [-0.15, -0.1) is 0 Å². The van der Waals surface area contributed by atoms with E-state index in [4.69, 9.17) is 48.9 Å². The van der Waals surface area contributed by atoms with Crippen molar-refractivity contribution in [2.45, 2.75) is 205 Å². The molecule has 0 bridgehead atoms. The molecule has 0 spiro atoms. The van der Waals surface area contributed by atoms with Gasteiger partial charge in [0.05, 0.1) is 67.2 Å². The summed E-state index contributed by atoms with van der Waals surface area (Å²) in [7, 11) is 1.35. The molecule has 1 saturated heterocycles. The number of fused-ring (bicyclic) bond motifs is 1. The number of ether oxygens (including phenoxy) is 3. The van der Waals surface area contributed by atoms with Crippen LogP contribution in [0.2, 0.25) is 10.0 Å². The number of Topliss-reactive ketones (excluding diaryl/α,β-unsaturated/α-hetero) is 4. The number of carbonyl (C=O) groups is 19. The molecule has 119 heavy (non-hydrogen) atoms. The largest absolute Gasteiger partial charge is 0.481 e. The summed E-state index contributed by atoms with van der Waals surface area (Å²) in [5.74, 6) is -27.7. The smallest absolute Gasteiger partial charge is 0.329 e. The standard InChI is InChI=1S/C78H108Cl2N14O25/c1-8-9-10-11-12-13-14-17-65(103)89-56(23-46-32-85-53-19-18-40(2)21-50(46)53)76(114)91-55(31-64(82)102)62(100)24-45(26-69(108)109)73(111)94-70-44(6)119-78(116)57(30-60(98)51-27-48(79)28-52(80)71(51)83-7)92-75(113)49(41(3)22-68(106)107)29-63(101)58(35-95)90-66(104)33-84-42(4)59(37-118-39-97)93-72(110)43(5)87-74(112)47(36-117-38-96)25-61(99)54(16-15-20-81)88-67(105)34-86-77(70)115/h18-19,21,27-28,32,38-39,41,43-45,47,49,54-59,70,83-85,95H,4,8-17,20,22-26,29-31,33-37,81H2,1-3,5-7H3,(H2,82,102)(H,86,115)(H,87,112)(H,88,105)(H,89,103)(H,90,104)(H,91,114)(H,92,113)(H,93,110)(H,94,111)(H,106,107)(H,108,109)/t41-,43-,44-,45+,47+,49+,54+,55-,56+,57+,58-,59+,70+/m1/s1. The van der Waals surface area contributed by atoms with E-state index in [2.05, 4.69) is 77.0 Å². The van der Waals surface area contributed by atoms with Crippen molar-refractivity contribution in [1.29, 1.82) is 0 Å². The minimum Gasteiger partial charge on any atom is -0.481 e. The molecule has 3 aromatic rings. The average molecular weight is 1710 g/mol. The van der Waals surface area contributed by atoms with E-state index in [1.807, 2.05) is 19.1 Å². The first-order valence-electron chi connectivity index (χ1n) is 38.7. The number of H-pyrrole nitrogens is 1. The minimum atomic E-state index is -2.38. The lowest BCUT2D eigenvalue weighted by atomic mass is 9.84. The number of aliphatic carboxylic acids is 2. The molecule has 2 heterocycles. The lowest BCUT2D eigenvalue weighted by molar-refractivity contribution is -0.156. The molecule has 10 amide bonds. The van der Waals surface area contributed by atoms with Crippen molar-refractivity contribution in [3.8, 4) is 0 Å². The van der Waals surface area contributed by atoms with Crippen LogP contribution in [0.15, 0.2) is 48.8 Å². The van der Waals surface area contributed by atoms with Gasteiger partial charge in [-0.3, -0.25) is 86.3 Å². The number of rotatable bonds is 39. The second-order valence-corrected chi connectivity index (χ2v) is 29.8. The average Bonchev–Trinajstić information content (AvgIpc) is 1.69. The van der Waals surface area contributed by atoms with Crippen molar-refractivity contribution in [2.24, 2.45) is 35.1 Å². The summed E-state index contributed by atoms with van der Waals surface area (Å²) in [6.07, 6.45) is -2.18. The molecule has 39 nitrogen and oxygen atoms in total. The van der Waals surface area contributed by atoms with E-state index >= 15 is 4.79 Å². The fourth-order valence-electron chi connectivity index (χ4n) is 12.9. The van der Waals surface area contributed by atoms with Crippen LogP contribution in [-0.4, -0.2) is 234 Å². The second-order valence-electron chi connectivity index (χ2n) is 29.0. The number of nitrogens with two attached hydrogens (primary N) is 2. The highest BCUT2D eigenvalue weighted by molar-refractivity contribution is 6.37. The zero-order valence-corrected chi connectivity index (χ0v) is 68.5. The number of amides is 10. The first kappa shape index (κ1) is 99.9. The highest BCUT2D eigenvalue weighted by atomic mass is 35.5. The molecular weight excluding hydrogens is 1600 g/mol. The van der Waals surface area contributed by atoms with Crippen LogP contribution in [0.5, 0.6) is 0 Å². The first-order chi connectivity index (χ1) is 56.4. The van der Waals surface area contributed by atoms with Crippen LogP contribution >= 0.6 is 23.2 Å². The highest BCUT2D eigenvalue weighted by Gasteiger charge is 2.41. The fraction of sp³-hybridized carbons (Fsp3) is 0.551. The number of nitrogens with one attached hydrogen (secondary N) is 12. The van der Waals surface area contributed by atoms with Crippen LogP contribution in [0.3, 0.4) is 0 Å². The van der Waals surface area contributed by atoms with E-state index in [0.29, 0.717) is 29.3 Å². The van der Waals surface area contributed by atoms with Gasteiger partial charge in [0.1, 0.15) is 55.6 Å². The maximum Gasteiger partial charge on any atom is 0.329 e. The number of carboxylic acids is 2. The van der Waals surface area contributed by atoms with Crippen LogP contribution < -0.4 is 70.0 Å². The Balaban J connectivity index is 1.91. The predicted molar refractivity (Wildman–Crippen MR) is 427 cm³/mol. The summed E-state index contributed by atoms with van der Waals surface area (Å²) < 4.78 is 15.5. The topological polar surface area (TPSA) is 613 Å². The number of benzene rings is 2. The number of carboxylic acid groups (broad SMARTS) is 2. The van der Waals surface area contributed by atoms with E-state index in [0.717, 1.165) is 50.7 Å². The minimum absolute atomic E-state index is 0.000190. The summed E-state index contributed by atoms with van der Waals surface area (Å²) >= 11 is 12.8. The summed E-state index contributed by atoms with van der Waals surface area (Å²) in [5.41, 5.74) is 12.9. The summed E-state index contributed by atoms with van der Waals surface area (Å²) in [6, 6.07) is -6.60. The normalized spacial score (nSPS) is 21.0. The van der Waals surface area contributed by atoms with Crippen LogP contribution in [0, 0.1) is 30.6 Å². The number of ketones is 4. The SMILES string of the molecule is C=C1NCC(=O)N[C@H](CO)C(=O)C[C@@H]([C@H](C)CC(=O)O)C(=O)N[C@@H](CC(=O)c2cc(Cl)cc(Cl)c2NC)C(=O)O[C@H](C)[C@H](NC(=O)[C@H](CC(=O)O)CC(=O)[C@@H](CC(N)=O)NC(=O)[C@H](Cc2c[nH]c3ccc(C)cc23)NC(=O)CCCCCCCCC)C(=O)NCC(=O)N[C@@H](CCCN)C(=O)C[C@@H](COC=O)C(=O)N[C@H](C)C(=O)N[C@H]1COC=O. The van der Waals surface area contributed by atoms with E-state index in [-0.39, 0.29) is 72.2 Å². The Morgan fingerprint density at radius 3 is 1.97 bits per heavy atom. The molecule has 1 fully saturated rings. The van der Waals surface area contributed by atoms with E-state index in [1.165, 1.54) is 27.0 Å². The van der Waals surface area contributed by atoms with Crippen molar-refractivity contribution in [2.75, 3.05) is 51.8 Å². The Kier molecular flexibility index (Phi) is 42.8. The number of hydrogen-bond donors (Lipinski definition) is 17. The number of hydrogen-bond acceptors (Lipinski definition) is 26. The molecule has 0 radical (unpaired) electrons. The van der Waals surface area contributed by atoms with Gasteiger partial charge in [-0.1, -0.05) is 93.8 Å². The quantitative estimate of drug-likeness (QED) is 0.0118. The van der Waals surface area contributed by atoms with Gasteiger partial charge in [-0.05, 0) is 82.3 Å². The van der Waals surface area contributed by atoms with Gasteiger partial charge in [0, 0.05) is 91.3 Å². The van der Waals surface area contributed by atoms with Crippen LogP contribution in [0.25, 0.3) is 10.9 Å². The molecule has 0 unspecified atom stereocenters. The van der Waals surface area contributed by atoms with Crippen LogP contribution in [-0.2, 0) is 107 Å². The number of carbonyl (C=O) groups excluding carboxylic acids is 17. The van der Waals surface area contributed by atoms with Crippen LogP contribution in [0.1, 0.15) is 158 Å². The lowest BCUT2D eigenvalue weighted by Gasteiger charge is -2.29. The van der Waals surface area contributed by atoms with Gasteiger partial charge < -0.3 is 104 Å². The van der Waals surface area contributed by atoms with Gasteiger partial charge in [-0.2, -0.15) is 0 Å². The van der Waals surface area contributed by atoms with Gasteiger partial charge >= 0.3 is 17.9 Å². The Morgan fingerprint density at radius 1 is 0.706 bits per heavy atom. The summed E-state index contributed by atoms with van der Waals surface area (Å²) in [4.78, 5) is 265. The first-order valence-corrected chi connectivity index (χ1v) is 39.4. The monoisotopic (exact) mass is 1710 g/mol. The van der Waals surface area contributed by atoms with E-state index in [9.17, 15) is 102 Å². The molecule has 13 atom stereocenters. The maximum absolute atomic E-state index is 15.1. The van der Waals surface area contributed by atoms with Crippen molar-refractivity contribution in [3.05, 3.63) is 75.5 Å². The molecule has 19 N–H and O–H groups in total. The fourth-order valence-corrected chi connectivity index (χ4v) is 13.5. The molecule has 654 valence electrons. The Morgan fingerprint density at radius 2 is 1.34 bits per heavy atom. The number of primary amides is 1. The predicted octanol–water partition coefficient (Wildman–Crippen LogP) is 0.108. The molecule has 1 aliphatic rings. The molecule has 0 aliphatic carbocycles. The van der Waals surface area contributed by atoms with Crippen LogP contribution in [0.4, 0.5) is 5.69 Å². The van der Waals surface area contributed by atoms with Gasteiger partial charge in [0.25, 0.3) is 12.9 Å². The van der Waals surface area contributed by atoms with Gasteiger partial charge in [0.15, 0.2) is 23.1 Å². The van der Waals surface area contributed by atoms with Gasteiger partial charge in [0.2, 0.25) is 59.1 Å². The van der Waals surface area contributed by atoms with E-state index in [1.54, 1.807) is 12.3 Å². The number of aliphatic hydroxyl groups excluding tert-OH is 1. The number of aromatic nitrogens is 1. The Bertz CT molecular complexity index is 4160. The number of cyclic esters (lactones) is 1. The Labute approximate surface area is 695 Å². The molecule has 1 aliphatic heterocycles. The zero-order chi connectivity index (χ0) is 88.8. The second kappa shape index (κ2) is 51.0. The lowest BCUT2D eigenvalue weighted by Crippen LogP contribution is -2.57.